The lowest BCUT2D eigenvalue weighted by molar-refractivity contribution is -0.145. The average Bonchev–Trinajstić information content (AvgIpc) is 4.00. The lowest BCUT2D eigenvalue weighted by Gasteiger charge is -2.35. The maximum atomic E-state index is 13.1. The highest BCUT2D eigenvalue weighted by Gasteiger charge is 2.31. The summed E-state index contributed by atoms with van der Waals surface area (Å²) in [7, 11) is 2.12. The van der Waals surface area contributed by atoms with Gasteiger partial charge in [-0.15, -0.1) is 11.3 Å². The molecule has 1 N–H and O–H groups in total. The molecule has 1 saturated carbocycles. The van der Waals surface area contributed by atoms with Gasteiger partial charge in [-0.1, -0.05) is 23.2 Å². The Kier molecular flexibility index (Phi) is 14.0. The fourth-order valence-corrected chi connectivity index (χ4v) is 10.3. The van der Waals surface area contributed by atoms with Crippen LogP contribution in [0.2, 0.25) is 10.0 Å². The van der Waals surface area contributed by atoms with Crippen molar-refractivity contribution in [1.82, 2.24) is 29.7 Å². The van der Waals surface area contributed by atoms with Gasteiger partial charge in [-0.3, -0.25) is 4.90 Å². The summed E-state index contributed by atoms with van der Waals surface area (Å²) in [5, 5.41) is 14.0. The topological polar surface area (TPSA) is 160 Å². The summed E-state index contributed by atoms with van der Waals surface area (Å²) in [6.07, 6.45) is 5.06. The molecule has 0 spiro atoms. The van der Waals surface area contributed by atoms with Crippen LogP contribution in [0.3, 0.4) is 0 Å². The molecule has 15 nitrogen and oxygen atoms in total. The van der Waals surface area contributed by atoms with Crippen LogP contribution in [0.25, 0.3) is 21.3 Å². The van der Waals surface area contributed by atoms with Crippen molar-refractivity contribution in [1.29, 1.82) is 0 Å². The second kappa shape index (κ2) is 20.0. The summed E-state index contributed by atoms with van der Waals surface area (Å²) in [5.74, 6) is 1.27. The number of fused-ring (bicyclic) bond motifs is 7. The van der Waals surface area contributed by atoms with Crippen LogP contribution in [0.4, 0.5) is 0 Å². The van der Waals surface area contributed by atoms with Crippen molar-refractivity contribution in [2.75, 3.05) is 66.4 Å². The Morgan fingerprint density at radius 2 is 1.77 bits per heavy atom. The van der Waals surface area contributed by atoms with Crippen LogP contribution in [-0.2, 0) is 32.0 Å². The highest BCUT2D eigenvalue weighted by atomic mass is 35.5. The zero-order valence-electron chi connectivity index (χ0n) is 36.1. The number of aromatic nitrogens is 4. The number of aliphatic carboxylic acids is 1. The number of likely N-dealkylation sites (N-methyl/N-ethyl adjacent to an activating group) is 1. The Morgan fingerprint density at radius 1 is 0.969 bits per heavy atom. The van der Waals surface area contributed by atoms with E-state index < -0.39 is 18.2 Å². The lowest BCUT2D eigenvalue weighted by Crippen LogP contribution is -2.49. The number of ether oxygens (including phenoxy) is 7. The van der Waals surface area contributed by atoms with E-state index in [4.69, 9.17) is 61.3 Å². The van der Waals surface area contributed by atoms with Crippen LogP contribution in [-0.4, -0.2) is 132 Å². The molecule has 7 heterocycles. The molecule has 0 amide bonds. The zero-order valence-corrected chi connectivity index (χ0v) is 38.4. The van der Waals surface area contributed by atoms with Crippen molar-refractivity contribution in [3.05, 3.63) is 80.4 Å². The van der Waals surface area contributed by atoms with Gasteiger partial charge < -0.3 is 43.2 Å². The Bertz CT molecular complexity index is 2430. The molecule has 3 atom stereocenters. The maximum absolute atomic E-state index is 13.1. The normalized spacial score (nSPS) is 23.3. The number of carboxylic acids is 1. The highest BCUT2D eigenvalue weighted by molar-refractivity contribution is 7.17. The van der Waals surface area contributed by atoms with Gasteiger partial charge in [-0.2, -0.15) is 0 Å². The molecule has 5 aliphatic rings. The summed E-state index contributed by atoms with van der Waals surface area (Å²) in [4.78, 5) is 36.9. The first-order chi connectivity index (χ1) is 31.1. The Labute approximate surface area is 385 Å². The Hall–Kier alpha value is -4.39. The standard InChI is InChI=1S/C46H52Cl2N6O9S/c1-26-38-27(2)41(48)42(40(26)47)62-33(18-54-14-12-53(3)13-15-54)21-59-32-8-9-36(29(16-32)17-37(46(55)56)63-44-39-35(38)23-64-45(39)51-24-50-44)60-19-30-10-11-49-43(52-30)28-4-6-31(7-5-28)58-22-34-20-57-25-61-34/h8-11,16,23-24,28,31,33-34,37H,4-7,12-15,17-22,25H2,1-3H3,(H,55,56)/t28?,31?,33-,34?,37-/m1/s1. The molecule has 3 fully saturated rings. The second-order valence-corrected chi connectivity index (χ2v) is 18.6. The molecule has 1 unspecified atom stereocenters. The van der Waals surface area contributed by atoms with E-state index in [2.05, 4.69) is 31.8 Å². The third kappa shape index (κ3) is 10.0. The van der Waals surface area contributed by atoms with E-state index in [0.717, 1.165) is 79.9 Å². The fourth-order valence-electron chi connectivity index (χ4n) is 8.87. The molecule has 0 radical (unpaired) electrons. The van der Waals surface area contributed by atoms with Crippen molar-refractivity contribution >= 4 is 50.7 Å². The largest absolute Gasteiger partial charge is 0.490 e. The number of carbonyl (C=O) groups is 1. The van der Waals surface area contributed by atoms with E-state index in [9.17, 15) is 9.90 Å². The fraction of sp³-hybridized carbons (Fsp3) is 0.500. The Balaban J connectivity index is 1.00. The van der Waals surface area contributed by atoms with E-state index in [-0.39, 0.29) is 43.6 Å². The van der Waals surface area contributed by atoms with Crippen LogP contribution in [0, 0.1) is 13.8 Å². The number of hydrogen-bond acceptors (Lipinski definition) is 15. The molecule has 340 valence electrons. The summed E-state index contributed by atoms with van der Waals surface area (Å²) in [6, 6.07) is 7.23. The molecule has 2 aromatic carbocycles. The van der Waals surface area contributed by atoms with E-state index in [0.29, 0.717) is 75.3 Å². The quantitative estimate of drug-likeness (QED) is 0.146. The minimum Gasteiger partial charge on any atom is -0.490 e. The van der Waals surface area contributed by atoms with Crippen molar-refractivity contribution in [2.45, 2.75) is 82.9 Å². The number of benzene rings is 2. The predicted octanol–water partition coefficient (Wildman–Crippen LogP) is 7.53. The monoisotopic (exact) mass is 934 g/mol. The van der Waals surface area contributed by atoms with Gasteiger partial charge in [0.05, 0.1) is 40.4 Å². The highest BCUT2D eigenvalue weighted by Crippen LogP contribution is 2.49. The number of carboxylic acid groups (broad SMARTS) is 1. The van der Waals surface area contributed by atoms with Gasteiger partial charge in [0.25, 0.3) is 0 Å². The summed E-state index contributed by atoms with van der Waals surface area (Å²) in [6.45, 7) is 9.74. The predicted molar refractivity (Wildman–Crippen MR) is 241 cm³/mol. The van der Waals surface area contributed by atoms with E-state index in [1.54, 1.807) is 18.3 Å². The molecule has 3 aromatic heterocycles. The molecule has 10 rings (SSSR count). The van der Waals surface area contributed by atoms with Crippen LogP contribution in [0.1, 0.15) is 59.8 Å². The molecule has 4 bridgehead atoms. The van der Waals surface area contributed by atoms with E-state index in [1.165, 1.54) is 17.7 Å². The molecule has 64 heavy (non-hydrogen) atoms. The van der Waals surface area contributed by atoms with E-state index in [1.807, 2.05) is 31.4 Å². The SMILES string of the molecule is Cc1c(Cl)c2c(Cl)c(C)c1-c1csc3ncnc(c13)O[C@@H](C(=O)O)Cc1cc(ccc1OCc1ccnc(C3CCC(OCC4COCO4)CC3)n1)OC[C@@H](CN1CCN(C)CC1)O2. The van der Waals surface area contributed by atoms with Crippen LogP contribution >= 0.6 is 34.5 Å². The van der Waals surface area contributed by atoms with Gasteiger partial charge >= 0.3 is 5.97 Å². The molecule has 18 heteroatoms. The molecule has 2 saturated heterocycles. The van der Waals surface area contributed by atoms with Crippen LogP contribution in [0.5, 0.6) is 23.1 Å². The van der Waals surface area contributed by atoms with Gasteiger partial charge in [-0.25, -0.2) is 24.7 Å². The van der Waals surface area contributed by atoms with Gasteiger partial charge in [0.1, 0.15) is 60.7 Å². The Morgan fingerprint density at radius 3 is 2.52 bits per heavy atom. The first kappa shape index (κ1) is 44.8. The van der Waals surface area contributed by atoms with Gasteiger partial charge in [0, 0.05) is 67.8 Å². The first-order valence-electron chi connectivity index (χ1n) is 21.8. The van der Waals surface area contributed by atoms with Gasteiger partial charge in [0.15, 0.2) is 5.75 Å². The number of halogens is 2. The summed E-state index contributed by atoms with van der Waals surface area (Å²) < 4.78 is 43.1. The summed E-state index contributed by atoms with van der Waals surface area (Å²) in [5.41, 5.74) is 4.26. The first-order valence-corrected chi connectivity index (χ1v) is 23.4. The molecule has 1 aliphatic carbocycles. The smallest absolute Gasteiger partial charge is 0.345 e. The zero-order chi connectivity index (χ0) is 44.3. The number of nitrogens with zero attached hydrogens (tertiary/aromatic N) is 6. The van der Waals surface area contributed by atoms with Crippen molar-refractivity contribution in [3.8, 4) is 34.3 Å². The van der Waals surface area contributed by atoms with E-state index >= 15 is 0 Å². The van der Waals surface area contributed by atoms with Crippen LogP contribution in [0.15, 0.2) is 42.2 Å². The molecule has 5 aromatic rings. The summed E-state index contributed by atoms with van der Waals surface area (Å²) >= 11 is 15.7. The maximum Gasteiger partial charge on any atom is 0.345 e. The average molecular weight is 936 g/mol. The number of rotatable bonds is 10. The molecular formula is C46H52Cl2N6O9S. The van der Waals surface area contributed by atoms with Crippen molar-refractivity contribution in [2.24, 2.45) is 0 Å². The third-order valence-corrected chi connectivity index (χ3v) is 14.3. The number of thiophene rings is 1. The van der Waals surface area contributed by atoms with Gasteiger partial charge in [-0.05, 0) is 87.5 Å². The number of piperazine rings is 1. The second-order valence-electron chi connectivity index (χ2n) is 16.9. The van der Waals surface area contributed by atoms with Crippen LogP contribution < -0.4 is 18.9 Å². The molecule has 4 aliphatic heterocycles. The minimum absolute atomic E-state index is 0.000655. The lowest BCUT2D eigenvalue weighted by atomic mass is 9.86. The van der Waals surface area contributed by atoms with Gasteiger partial charge in [0.2, 0.25) is 12.0 Å². The molecular weight excluding hydrogens is 884 g/mol. The number of hydrogen-bond donors (Lipinski definition) is 1. The van der Waals surface area contributed by atoms with Crippen molar-refractivity contribution < 1.29 is 43.1 Å². The van der Waals surface area contributed by atoms with Crippen molar-refractivity contribution in [3.63, 3.8) is 0 Å². The third-order valence-electron chi connectivity index (χ3n) is 12.5. The minimum atomic E-state index is -1.37.